The van der Waals surface area contributed by atoms with Crippen LogP contribution in [0.15, 0.2) is 42.5 Å². The van der Waals surface area contributed by atoms with Gasteiger partial charge in [-0.2, -0.15) is 0 Å². The van der Waals surface area contributed by atoms with Crippen LogP contribution in [0.4, 0.5) is 10.5 Å². The second kappa shape index (κ2) is 9.07. The molecule has 0 unspecified atom stereocenters. The third-order valence-corrected chi connectivity index (χ3v) is 5.74. The normalized spacial score (nSPS) is 15.7. The second-order valence-corrected chi connectivity index (χ2v) is 7.84. The second-order valence-electron chi connectivity index (χ2n) is 7.84. The number of anilines is 1. The lowest BCUT2D eigenvalue weighted by molar-refractivity contribution is -0.122. The number of piperidine rings is 1. The Bertz CT molecular complexity index is 922. The highest BCUT2D eigenvalue weighted by Gasteiger charge is 2.25. The van der Waals surface area contributed by atoms with Crippen molar-refractivity contribution in [1.29, 1.82) is 0 Å². The van der Waals surface area contributed by atoms with Crippen LogP contribution in [0, 0.1) is 12.8 Å². The molecule has 0 saturated carbocycles. The van der Waals surface area contributed by atoms with Crippen LogP contribution in [-0.4, -0.2) is 36.7 Å². The number of rotatable bonds is 5. The summed E-state index contributed by atoms with van der Waals surface area (Å²) in [5, 5.41) is 5.93. The first-order chi connectivity index (χ1) is 14.6. The van der Waals surface area contributed by atoms with Gasteiger partial charge in [-0.15, -0.1) is 0 Å². The molecule has 2 aliphatic heterocycles. The van der Waals surface area contributed by atoms with Crippen molar-refractivity contribution in [2.45, 2.75) is 32.7 Å². The number of aryl methyl sites for hydroxylation is 1. The van der Waals surface area contributed by atoms with E-state index in [1.54, 1.807) is 23.1 Å². The third kappa shape index (κ3) is 4.84. The topological polar surface area (TPSA) is 79.9 Å². The number of ether oxygens (including phenoxy) is 2. The third-order valence-electron chi connectivity index (χ3n) is 5.74. The number of carbonyl (C=O) groups is 2. The van der Waals surface area contributed by atoms with Gasteiger partial charge in [-0.05, 0) is 48.9 Å². The standard InChI is InChI=1S/C23H27N3O4/c1-16-4-2-3-5-18(16)14-24-22(27)12-17-8-10-26(11-9-17)23(28)25-19-6-7-20-21(13-19)30-15-29-20/h2-7,13,17H,8-12,14-15H2,1H3,(H,24,27)(H,25,28). The number of hydrogen-bond acceptors (Lipinski definition) is 4. The summed E-state index contributed by atoms with van der Waals surface area (Å²) >= 11 is 0. The Morgan fingerprint density at radius 1 is 1.07 bits per heavy atom. The minimum Gasteiger partial charge on any atom is -0.454 e. The van der Waals surface area contributed by atoms with Gasteiger partial charge in [-0.1, -0.05) is 24.3 Å². The first-order valence-electron chi connectivity index (χ1n) is 10.4. The van der Waals surface area contributed by atoms with Crippen molar-refractivity contribution >= 4 is 17.6 Å². The summed E-state index contributed by atoms with van der Waals surface area (Å²) in [6.45, 7) is 4.10. The Kier molecular flexibility index (Phi) is 6.07. The van der Waals surface area contributed by atoms with Crippen LogP contribution in [0.5, 0.6) is 11.5 Å². The van der Waals surface area contributed by atoms with Crippen molar-refractivity contribution in [3.8, 4) is 11.5 Å². The number of amides is 3. The highest BCUT2D eigenvalue weighted by molar-refractivity contribution is 5.89. The van der Waals surface area contributed by atoms with E-state index in [9.17, 15) is 9.59 Å². The Morgan fingerprint density at radius 3 is 2.63 bits per heavy atom. The lowest BCUT2D eigenvalue weighted by Gasteiger charge is -2.31. The van der Waals surface area contributed by atoms with E-state index in [4.69, 9.17) is 9.47 Å². The van der Waals surface area contributed by atoms with Gasteiger partial charge >= 0.3 is 6.03 Å². The molecule has 2 aromatic carbocycles. The summed E-state index contributed by atoms with van der Waals surface area (Å²) in [7, 11) is 0. The minimum atomic E-state index is -0.128. The number of urea groups is 1. The van der Waals surface area contributed by atoms with Gasteiger partial charge in [0.1, 0.15) is 0 Å². The van der Waals surface area contributed by atoms with E-state index in [0.717, 1.165) is 18.4 Å². The maximum absolute atomic E-state index is 12.6. The molecule has 0 aromatic heterocycles. The lowest BCUT2D eigenvalue weighted by atomic mass is 9.93. The maximum atomic E-state index is 12.6. The first-order valence-corrected chi connectivity index (χ1v) is 10.4. The van der Waals surface area contributed by atoms with Crippen LogP contribution in [0.3, 0.4) is 0 Å². The van der Waals surface area contributed by atoms with Gasteiger partial charge in [-0.25, -0.2) is 4.79 Å². The summed E-state index contributed by atoms with van der Waals surface area (Å²) in [6, 6.07) is 13.3. The van der Waals surface area contributed by atoms with Gasteiger partial charge in [0.15, 0.2) is 11.5 Å². The smallest absolute Gasteiger partial charge is 0.321 e. The molecule has 7 heteroatoms. The molecule has 4 rings (SSSR count). The number of likely N-dealkylation sites (tertiary alicyclic amines) is 1. The van der Waals surface area contributed by atoms with Crippen molar-refractivity contribution in [3.05, 3.63) is 53.6 Å². The molecule has 7 nitrogen and oxygen atoms in total. The zero-order valence-corrected chi connectivity index (χ0v) is 17.1. The maximum Gasteiger partial charge on any atom is 0.321 e. The van der Waals surface area contributed by atoms with Crippen molar-refractivity contribution in [2.75, 3.05) is 25.2 Å². The molecule has 1 saturated heterocycles. The number of hydrogen-bond donors (Lipinski definition) is 2. The van der Waals surface area contributed by atoms with Crippen molar-refractivity contribution < 1.29 is 19.1 Å². The van der Waals surface area contributed by atoms with Gasteiger partial charge in [0, 0.05) is 37.8 Å². The zero-order valence-electron chi connectivity index (χ0n) is 17.1. The van der Waals surface area contributed by atoms with Crippen LogP contribution in [0.25, 0.3) is 0 Å². The zero-order chi connectivity index (χ0) is 20.9. The largest absolute Gasteiger partial charge is 0.454 e. The number of benzene rings is 2. The molecule has 2 aliphatic rings. The Morgan fingerprint density at radius 2 is 1.83 bits per heavy atom. The average molecular weight is 409 g/mol. The van der Waals surface area contributed by atoms with Crippen molar-refractivity contribution in [2.24, 2.45) is 5.92 Å². The molecule has 30 heavy (non-hydrogen) atoms. The van der Waals surface area contributed by atoms with E-state index in [2.05, 4.69) is 10.6 Å². The van der Waals surface area contributed by atoms with Gasteiger partial charge < -0.3 is 25.0 Å². The van der Waals surface area contributed by atoms with Crippen LogP contribution in [0.1, 0.15) is 30.4 Å². The molecule has 0 bridgehead atoms. The van der Waals surface area contributed by atoms with E-state index in [1.807, 2.05) is 31.2 Å². The van der Waals surface area contributed by atoms with Crippen molar-refractivity contribution in [1.82, 2.24) is 10.2 Å². The summed E-state index contributed by atoms with van der Waals surface area (Å²) < 4.78 is 10.6. The molecule has 2 aromatic rings. The van der Waals surface area contributed by atoms with Crippen LogP contribution in [0.2, 0.25) is 0 Å². The SMILES string of the molecule is Cc1ccccc1CNC(=O)CC1CCN(C(=O)Nc2ccc3c(c2)OCO3)CC1. The molecule has 0 radical (unpaired) electrons. The molecule has 3 amide bonds. The van der Waals surface area contributed by atoms with E-state index in [1.165, 1.54) is 5.56 Å². The summed E-state index contributed by atoms with van der Waals surface area (Å²) in [5.74, 6) is 1.70. The summed E-state index contributed by atoms with van der Waals surface area (Å²) in [5.41, 5.74) is 3.00. The van der Waals surface area contributed by atoms with Crippen molar-refractivity contribution in [3.63, 3.8) is 0 Å². The molecule has 158 valence electrons. The average Bonchev–Trinajstić information content (AvgIpc) is 3.21. The predicted molar refractivity (Wildman–Crippen MR) is 114 cm³/mol. The highest BCUT2D eigenvalue weighted by atomic mass is 16.7. The molecule has 2 heterocycles. The fourth-order valence-corrected chi connectivity index (χ4v) is 3.85. The molecule has 0 atom stereocenters. The van der Waals surface area contributed by atoms with Gasteiger partial charge in [0.25, 0.3) is 0 Å². The van der Waals surface area contributed by atoms with E-state index in [0.29, 0.717) is 49.2 Å². The Hall–Kier alpha value is -3.22. The fraction of sp³-hybridized carbons (Fsp3) is 0.391. The molecule has 0 aliphatic carbocycles. The van der Waals surface area contributed by atoms with Crippen LogP contribution >= 0.6 is 0 Å². The number of fused-ring (bicyclic) bond motifs is 1. The molecular formula is C23H27N3O4. The molecular weight excluding hydrogens is 382 g/mol. The summed E-state index contributed by atoms with van der Waals surface area (Å²) in [6.07, 6.45) is 2.15. The molecule has 1 fully saturated rings. The van der Waals surface area contributed by atoms with Gasteiger partial charge in [0.2, 0.25) is 12.7 Å². The van der Waals surface area contributed by atoms with E-state index in [-0.39, 0.29) is 18.7 Å². The molecule has 2 N–H and O–H groups in total. The monoisotopic (exact) mass is 409 g/mol. The number of carbonyl (C=O) groups excluding carboxylic acids is 2. The minimum absolute atomic E-state index is 0.0708. The van der Waals surface area contributed by atoms with E-state index >= 15 is 0 Å². The van der Waals surface area contributed by atoms with Crippen LogP contribution < -0.4 is 20.1 Å². The lowest BCUT2D eigenvalue weighted by Crippen LogP contribution is -2.41. The van der Waals surface area contributed by atoms with E-state index < -0.39 is 0 Å². The fourth-order valence-electron chi connectivity index (χ4n) is 3.85. The predicted octanol–water partition coefficient (Wildman–Crippen LogP) is 3.67. The van der Waals surface area contributed by atoms with Gasteiger partial charge in [0.05, 0.1) is 0 Å². The first kappa shape index (κ1) is 20.1. The highest BCUT2D eigenvalue weighted by Crippen LogP contribution is 2.34. The van der Waals surface area contributed by atoms with Crippen LogP contribution in [-0.2, 0) is 11.3 Å². The Labute approximate surface area is 176 Å². The number of nitrogens with zero attached hydrogens (tertiary/aromatic N) is 1. The summed E-state index contributed by atoms with van der Waals surface area (Å²) in [4.78, 5) is 26.7. The van der Waals surface area contributed by atoms with Gasteiger partial charge in [-0.3, -0.25) is 4.79 Å². The Balaban J connectivity index is 1.20. The number of nitrogens with one attached hydrogen (secondary N) is 2. The molecule has 0 spiro atoms. The quantitative estimate of drug-likeness (QED) is 0.790.